The summed E-state index contributed by atoms with van der Waals surface area (Å²) in [6.07, 6.45) is -4.11. The Morgan fingerprint density at radius 2 is 2.21 bits per heavy atom. The SMILES string of the molecule is CCOC(=O)c1nn(C)c2c1CC(C(F)(F)F)CC2. The molecular formula is C12H15F3N2O2. The summed E-state index contributed by atoms with van der Waals surface area (Å²) in [5.41, 5.74) is 1.10. The molecule has 0 aromatic carbocycles. The van der Waals surface area contributed by atoms with Crippen molar-refractivity contribution in [3.8, 4) is 0 Å². The van der Waals surface area contributed by atoms with Gasteiger partial charge in [0.25, 0.3) is 0 Å². The number of ether oxygens (including phenoxy) is 1. The van der Waals surface area contributed by atoms with Crippen LogP contribution in [0.4, 0.5) is 13.2 Å². The Balaban J connectivity index is 2.34. The summed E-state index contributed by atoms with van der Waals surface area (Å²) in [5, 5.41) is 4.00. The molecule has 1 atom stereocenters. The average molecular weight is 276 g/mol. The maximum atomic E-state index is 12.8. The van der Waals surface area contributed by atoms with Crippen molar-refractivity contribution in [2.45, 2.75) is 32.4 Å². The molecule has 1 aliphatic rings. The number of nitrogens with zero attached hydrogens (tertiary/aromatic N) is 2. The molecule has 4 nitrogen and oxygen atoms in total. The first kappa shape index (κ1) is 13.9. The van der Waals surface area contributed by atoms with Crippen molar-refractivity contribution >= 4 is 5.97 Å². The molecule has 0 saturated carbocycles. The van der Waals surface area contributed by atoms with Crippen LogP contribution in [0.25, 0.3) is 0 Å². The van der Waals surface area contributed by atoms with E-state index in [0.29, 0.717) is 11.3 Å². The van der Waals surface area contributed by atoms with Crippen LogP contribution in [0, 0.1) is 5.92 Å². The third kappa shape index (κ3) is 2.59. The molecule has 0 amide bonds. The maximum absolute atomic E-state index is 12.8. The zero-order valence-electron chi connectivity index (χ0n) is 10.8. The van der Waals surface area contributed by atoms with Crippen LogP contribution in [0.5, 0.6) is 0 Å². The average Bonchev–Trinajstić information content (AvgIpc) is 2.66. The highest BCUT2D eigenvalue weighted by Crippen LogP contribution is 2.38. The molecule has 106 valence electrons. The van der Waals surface area contributed by atoms with Crippen LogP contribution in [0.2, 0.25) is 0 Å². The van der Waals surface area contributed by atoms with E-state index in [0.717, 1.165) is 0 Å². The van der Waals surface area contributed by atoms with Crippen molar-refractivity contribution in [3.63, 3.8) is 0 Å². The molecule has 0 spiro atoms. The van der Waals surface area contributed by atoms with Gasteiger partial charge < -0.3 is 4.74 Å². The third-order valence-electron chi connectivity index (χ3n) is 3.39. The standard InChI is InChI=1S/C12H15F3N2O2/c1-3-19-11(18)10-8-6-7(12(13,14)15)4-5-9(8)17(2)16-10/h7H,3-6H2,1-2H3. The molecule has 1 unspecified atom stereocenters. The first-order valence-corrected chi connectivity index (χ1v) is 6.13. The minimum atomic E-state index is -4.24. The first-order valence-electron chi connectivity index (χ1n) is 6.13. The monoisotopic (exact) mass is 276 g/mol. The number of alkyl halides is 3. The van der Waals surface area contributed by atoms with Gasteiger partial charge in [-0.15, -0.1) is 0 Å². The predicted octanol–water partition coefficient (Wildman–Crippen LogP) is 2.26. The Bertz CT molecular complexity index is 494. The van der Waals surface area contributed by atoms with E-state index in [1.165, 1.54) is 4.68 Å². The number of hydrogen-bond acceptors (Lipinski definition) is 3. The Labute approximate surface area is 108 Å². The highest BCUT2D eigenvalue weighted by molar-refractivity contribution is 5.89. The lowest BCUT2D eigenvalue weighted by molar-refractivity contribution is -0.177. The molecule has 19 heavy (non-hydrogen) atoms. The van der Waals surface area contributed by atoms with Gasteiger partial charge in [0.05, 0.1) is 12.5 Å². The molecule has 7 heteroatoms. The number of carbonyl (C=O) groups excluding carboxylic acids is 1. The molecule has 0 radical (unpaired) electrons. The smallest absolute Gasteiger partial charge is 0.392 e. The number of hydrogen-bond donors (Lipinski definition) is 0. The van der Waals surface area contributed by atoms with E-state index in [-0.39, 0.29) is 31.6 Å². The lowest BCUT2D eigenvalue weighted by Gasteiger charge is -2.24. The van der Waals surface area contributed by atoms with Gasteiger partial charge in [0, 0.05) is 18.3 Å². The summed E-state index contributed by atoms with van der Waals surface area (Å²) in [6.45, 7) is 1.82. The summed E-state index contributed by atoms with van der Waals surface area (Å²) in [5.74, 6) is -2.06. The van der Waals surface area contributed by atoms with E-state index in [1.807, 2.05) is 0 Å². The number of halogens is 3. The van der Waals surface area contributed by atoms with Gasteiger partial charge in [0.15, 0.2) is 5.69 Å². The van der Waals surface area contributed by atoms with Gasteiger partial charge in [-0.3, -0.25) is 4.68 Å². The van der Waals surface area contributed by atoms with Crippen LogP contribution in [0.15, 0.2) is 0 Å². The van der Waals surface area contributed by atoms with E-state index in [2.05, 4.69) is 5.10 Å². The second-order valence-corrected chi connectivity index (χ2v) is 4.60. The van der Waals surface area contributed by atoms with Crippen molar-refractivity contribution in [2.24, 2.45) is 13.0 Å². The molecule has 1 heterocycles. The zero-order valence-corrected chi connectivity index (χ0v) is 10.8. The van der Waals surface area contributed by atoms with Gasteiger partial charge >= 0.3 is 12.1 Å². The fraction of sp³-hybridized carbons (Fsp3) is 0.667. The van der Waals surface area contributed by atoms with Gasteiger partial charge in [-0.05, 0) is 26.2 Å². The van der Waals surface area contributed by atoms with E-state index < -0.39 is 18.1 Å². The Morgan fingerprint density at radius 1 is 1.53 bits per heavy atom. The molecule has 0 aliphatic heterocycles. The number of aryl methyl sites for hydroxylation is 1. The van der Waals surface area contributed by atoms with Gasteiger partial charge in [-0.1, -0.05) is 0 Å². The van der Waals surface area contributed by atoms with Crippen molar-refractivity contribution in [1.29, 1.82) is 0 Å². The van der Waals surface area contributed by atoms with Crippen LogP contribution in [-0.2, 0) is 24.6 Å². The Morgan fingerprint density at radius 3 is 2.79 bits per heavy atom. The quantitative estimate of drug-likeness (QED) is 0.778. The van der Waals surface area contributed by atoms with E-state index in [1.54, 1.807) is 14.0 Å². The van der Waals surface area contributed by atoms with E-state index in [4.69, 9.17) is 4.74 Å². The Kier molecular flexibility index (Phi) is 3.56. The van der Waals surface area contributed by atoms with Crippen LogP contribution in [0.3, 0.4) is 0 Å². The number of aromatic nitrogens is 2. The normalized spacial score (nSPS) is 19.1. The fourth-order valence-corrected chi connectivity index (χ4v) is 2.43. The number of esters is 1. The van der Waals surface area contributed by atoms with Crippen molar-refractivity contribution in [3.05, 3.63) is 17.0 Å². The maximum Gasteiger partial charge on any atom is 0.392 e. The highest BCUT2D eigenvalue weighted by Gasteiger charge is 2.43. The largest absolute Gasteiger partial charge is 0.461 e. The molecule has 0 bridgehead atoms. The predicted molar refractivity (Wildman–Crippen MR) is 60.7 cm³/mol. The van der Waals surface area contributed by atoms with E-state index >= 15 is 0 Å². The Hall–Kier alpha value is -1.53. The van der Waals surface area contributed by atoms with Crippen LogP contribution in [0.1, 0.15) is 35.1 Å². The van der Waals surface area contributed by atoms with Crippen molar-refractivity contribution in [1.82, 2.24) is 9.78 Å². The van der Waals surface area contributed by atoms with Gasteiger partial charge in [0.2, 0.25) is 0 Å². The molecule has 0 saturated heterocycles. The summed E-state index contributed by atoms with van der Waals surface area (Å²) >= 11 is 0. The van der Waals surface area contributed by atoms with Crippen molar-refractivity contribution < 1.29 is 22.7 Å². The minimum Gasteiger partial charge on any atom is -0.461 e. The second-order valence-electron chi connectivity index (χ2n) is 4.60. The summed E-state index contributed by atoms with van der Waals surface area (Å²) in [4.78, 5) is 11.7. The second kappa shape index (κ2) is 4.86. The number of carbonyl (C=O) groups is 1. The van der Waals surface area contributed by atoms with Crippen LogP contribution in [-0.4, -0.2) is 28.5 Å². The fourth-order valence-electron chi connectivity index (χ4n) is 2.43. The lowest BCUT2D eigenvalue weighted by Crippen LogP contribution is -2.29. The van der Waals surface area contributed by atoms with E-state index in [9.17, 15) is 18.0 Å². The minimum absolute atomic E-state index is 0.0216. The lowest BCUT2D eigenvalue weighted by atomic mass is 9.86. The summed E-state index contributed by atoms with van der Waals surface area (Å²) in [6, 6.07) is 0. The van der Waals surface area contributed by atoms with Gasteiger partial charge in [-0.2, -0.15) is 18.3 Å². The van der Waals surface area contributed by atoms with Gasteiger partial charge in [0.1, 0.15) is 0 Å². The molecule has 1 aliphatic carbocycles. The topological polar surface area (TPSA) is 44.1 Å². The first-order chi connectivity index (χ1) is 8.84. The van der Waals surface area contributed by atoms with Crippen molar-refractivity contribution in [2.75, 3.05) is 6.61 Å². The summed E-state index contributed by atoms with van der Waals surface area (Å²) < 4.78 is 44.7. The molecule has 0 N–H and O–H groups in total. The molecule has 1 aromatic heterocycles. The number of fused-ring (bicyclic) bond motifs is 1. The molecule has 2 rings (SSSR count). The zero-order chi connectivity index (χ0) is 14.2. The highest BCUT2D eigenvalue weighted by atomic mass is 19.4. The van der Waals surface area contributed by atoms with Crippen LogP contribution >= 0.6 is 0 Å². The molecule has 1 aromatic rings. The third-order valence-corrected chi connectivity index (χ3v) is 3.39. The van der Waals surface area contributed by atoms with Crippen LogP contribution < -0.4 is 0 Å². The van der Waals surface area contributed by atoms with Gasteiger partial charge in [-0.25, -0.2) is 4.79 Å². The molecular weight excluding hydrogens is 261 g/mol. The summed E-state index contributed by atoms with van der Waals surface area (Å²) in [7, 11) is 1.63. The molecule has 0 fully saturated rings. The number of rotatable bonds is 2.